The molecule has 0 saturated heterocycles. The molecule has 0 amide bonds. The fourth-order valence-corrected chi connectivity index (χ4v) is 2.49. The Labute approximate surface area is 124 Å². The van der Waals surface area contributed by atoms with Gasteiger partial charge in [-0.15, -0.1) is 0 Å². The highest BCUT2D eigenvalue weighted by Gasteiger charge is 2.07. The lowest BCUT2D eigenvalue weighted by Crippen LogP contribution is -2.09. The number of ether oxygens (including phenoxy) is 1. The van der Waals surface area contributed by atoms with Crippen molar-refractivity contribution < 1.29 is 9.13 Å². The summed E-state index contributed by atoms with van der Waals surface area (Å²) in [7, 11) is 0. The topological polar surface area (TPSA) is 35.2 Å². The zero-order chi connectivity index (χ0) is 14.0. The molecule has 2 aromatic carbocycles. The first-order valence-electron chi connectivity index (χ1n) is 5.51. The molecule has 0 aliphatic heterocycles. The number of hydrogen-bond donors (Lipinski definition) is 1. The minimum atomic E-state index is -0.283. The molecule has 0 radical (unpaired) electrons. The van der Waals surface area contributed by atoms with E-state index in [-0.39, 0.29) is 5.82 Å². The van der Waals surface area contributed by atoms with Crippen molar-refractivity contribution in [1.29, 1.82) is 0 Å². The minimum Gasteiger partial charge on any atom is -0.457 e. The van der Waals surface area contributed by atoms with E-state index in [1.165, 1.54) is 12.1 Å². The largest absolute Gasteiger partial charge is 0.457 e. The van der Waals surface area contributed by atoms with Gasteiger partial charge in [0, 0.05) is 10.0 Å². The standard InChI is InChI=1S/C14H11BrFNOS/c1-8-6-9(16)2-5-13(8)18-10-3-4-11(14(17)19)12(15)7-10/h2-7H,1H3,(H2,17,19). The number of rotatable bonds is 3. The Bertz CT molecular complexity index is 645. The molecular formula is C14H11BrFNOS. The van der Waals surface area contributed by atoms with Crippen LogP contribution < -0.4 is 10.5 Å². The van der Waals surface area contributed by atoms with Gasteiger partial charge < -0.3 is 10.5 Å². The first-order chi connectivity index (χ1) is 8.97. The van der Waals surface area contributed by atoms with Gasteiger partial charge in [-0.3, -0.25) is 0 Å². The van der Waals surface area contributed by atoms with Crippen LogP contribution in [0.15, 0.2) is 40.9 Å². The highest BCUT2D eigenvalue weighted by molar-refractivity contribution is 9.10. The highest BCUT2D eigenvalue weighted by atomic mass is 79.9. The van der Waals surface area contributed by atoms with Gasteiger partial charge in [0.1, 0.15) is 22.3 Å². The highest BCUT2D eigenvalue weighted by Crippen LogP contribution is 2.29. The second-order valence-corrected chi connectivity index (χ2v) is 5.31. The predicted octanol–water partition coefficient (Wildman–Crippen LogP) is 4.32. The third kappa shape index (κ3) is 3.30. The van der Waals surface area contributed by atoms with Crippen LogP contribution in [0, 0.1) is 12.7 Å². The molecule has 0 saturated carbocycles. The van der Waals surface area contributed by atoms with E-state index in [0.29, 0.717) is 16.5 Å². The van der Waals surface area contributed by atoms with Crippen LogP contribution in [-0.2, 0) is 0 Å². The Morgan fingerprint density at radius 3 is 2.58 bits per heavy atom. The van der Waals surface area contributed by atoms with Gasteiger partial charge in [0.2, 0.25) is 0 Å². The summed E-state index contributed by atoms with van der Waals surface area (Å²) in [5.41, 5.74) is 7.06. The first kappa shape index (κ1) is 14.0. The Morgan fingerprint density at radius 2 is 2.00 bits per heavy atom. The van der Waals surface area contributed by atoms with E-state index in [9.17, 15) is 4.39 Å². The summed E-state index contributed by atoms with van der Waals surface area (Å²) in [5, 5.41) is 0. The zero-order valence-corrected chi connectivity index (χ0v) is 12.5. The van der Waals surface area contributed by atoms with E-state index in [4.69, 9.17) is 22.7 Å². The van der Waals surface area contributed by atoms with Crippen LogP contribution in [0.4, 0.5) is 4.39 Å². The molecule has 0 aromatic heterocycles. The lowest BCUT2D eigenvalue weighted by molar-refractivity contribution is 0.476. The zero-order valence-electron chi connectivity index (χ0n) is 10.1. The normalized spacial score (nSPS) is 10.3. The van der Waals surface area contributed by atoms with Gasteiger partial charge >= 0.3 is 0 Å². The van der Waals surface area contributed by atoms with Gasteiger partial charge in [-0.05, 0) is 64.8 Å². The predicted molar refractivity (Wildman–Crippen MR) is 81.2 cm³/mol. The van der Waals surface area contributed by atoms with Gasteiger partial charge in [-0.1, -0.05) is 12.2 Å². The van der Waals surface area contributed by atoms with Crippen molar-refractivity contribution >= 4 is 33.1 Å². The maximum absolute atomic E-state index is 13.0. The van der Waals surface area contributed by atoms with E-state index in [1.54, 1.807) is 31.2 Å². The third-order valence-electron chi connectivity index (χ3n) is 2.57. The van der Waals surface area contributed by atoms with E-state index in [2.05, 4.69) is 15.9 Å². The first-order valence-corrected chi connectivity index (χ1v) is 6.71. The Morgan fingerprint density at radius 1 is 1.26 bits per heavy atom. The fourth-order valence-electron chi connectivity index (χ4n) is 1.61. The second-order valence-electron chi connectivity index (χ2n) is 4.02. The van der Waals surface area contributed by atoms with Crippen LogP contribution in [0.5, 0.6) is 11.5 Å². The van der Waals surface area contributed by atoms with Crippen LogP contribution in [0.1, 0.15) is 11.1 Å². The van der Waals surface area contributed by atoms with Crippen LogP contribution >= 0.6 is 28.1 Å². The summed E-state index contributed by atoms with van der Waals surface area (Å²) in [6.07, 6.45) is 0. The van der Waals surface area contributed by atoms with Crippen molar-refractivity contribution in [2.75, 3.05) is 0 Å². The van der Waals surface area contributed by atoms with Gasteiger partial charge in [0.15, 0.2) is 0 Å². The van der Waals surface area contributed by atoms with Gasteiger partial charge in [0.05, 0.1) is 0 Å². The number of thiocarbonyl (C=S) groups is 1. The number of hydrogen-bond acceptors (Lipinski definition) is 2. The monoisotopic (exact) mass is 339 g/mol. The SMILES string of the molecule is Cc1cc(F)ccc1Oc1ccc(C(N)=S)c(Br)c1. The molecule has 0 fully saturated rings. The van der Waals surface area contributed by atoms with Crippen molar-refractivity contribution in [3.8, 4) is 11.5 Å². The second kappa shape index (κ2) is 5.67. The van der Waals surface area contributed by atoms with Crippen LogP contribution in [0.2, 0.25) is 0 Å². The molecule has 5 heteroatoms. The van der Waals surface area contributed by atoms with Gasteiger partial charge in [0.25, 0.3) is 0 Å². The number of benzene rings is 2. The minimum absolute atomic E-state index is 0.283. The lowest BCUT2D eigenvalue weighted by atomic mass is 10.2. The lowest BCUT2D eigenvalue weighted by Gasteiger charge is -2.10. The Kier molecular flexibility index (Phi) is 4.17. The molecular weight excluding hydrogens is 329 g/mol. The summed E-state index contributed by atoms with van der Waals surface area (Å²) in [6.45, 7) is 1.79. The number of aryl methyl sites for hydroxylation is 1. The van der Waals surface area contributed by atoms with Gasteiger partial charge in [-0.2, -0.15) is 0 Å². The third-order valence-corrected chi connectivity index (χ3v) is 3.45. The fraction of sp³-hybridized carbons (Fsp3) is 0.0714. The van der Waals surface area contributed by atoms with Crippen molar-refractivity contribution in [2.24, 2.45) is 5.73 Å². The van der Waals surface area contributed by atoms with E-state index in [0.717, 1.165) is 15.6 Å². The number of halogens is 2. The molecule has 0 aliphatic carbocycles. The van der Waals surface area contributed by atoms with Crippen molar-refractivity contribution in [2.45, 2.75) is 6.92 Å². The van der Waals surface area contributed by atoms with Crippen molar-refractivity contribution in [3.05, 3.63) is 57.8 Å². The van der Waals surface area contributed by atoms with Crippen LogP contribution in [0.25, 0.3) is 0 Å². The molecule has 0 heterocycles. The molecule has 0 bridgehead atoms. The molecule has 19 heavy (non-hydrogen) atoms. The Balaban J connectivity index is 2.29. The van der Waals surface area contributed by atoms with E-state index < -0.39 is 0 Å². The summed E-state index contributed by atoms with van der Waals surface area (Å²) in [5.74, 6) is 0.952. The molecule has 2 nitrogen and oxygen atoms in total. The van der Waals surface area contributed by atoms with E-state index >= 15 is 0 Å². The number of nitrogens with two attached hydrogens (primary N) is 1. The molecule has 98 valence electrons. The molecule has 0 unspecified atom stereocenters. The summed E-state index contributed by atoms with van der Waals surface area (Å²) < 4.78 is 19.5. The maximum Gasteiger partial charge on any atom is 0.130 e. The molecule has 0 atom stereocenters. The molecule has 2 aromatic rings. The smallest absolute Gasteiger partial charge is 0.130 e. The summed E-state index contributed by atoms with van der Waals surface area (Å²) in [6, 6.07) is 9.70. The van der Waals surface area contributed by atoms with E-state index in [1.807, 2.05) is 0 Å². The quantitative estimate of drug-likeness (QED) is 0.845. The molecule has 2 rings (SSSR count). The maximum atomic E-state index is 13.0. The molecule has 0 aliphatic rings. The molecule has 2 N–H and O–H groups in total. The van der Waals surface area contributed by atoms with Crippen molar-refractivity contribution in [3.63, 3.8) is 0 Å². The van der Waals surface area contributed by atoms with Crippen LogP contribution in [-0.4, -0.2) is 4.99 Å². The van der Waals surface area contributed by atoms with Crippen LogP contribution in [0.3, 0.4) is 0 Å². The summed E-state index contributed by atoms with van der Waals surface area (Å²) in [4.78, 5) is 0.316. The average Bonchev–Trinajstić information content (AvgIpc) is 2.32. The Hall–Kier alpha value is -1.46. The summed E-state index contributed by atoms with van der Waals surface area (Å²) >= 11 is 8.31. The average molecular weight is 340 g/mol. The molecule has 0 spiro atoms. The van der Waals surface area contributed by atoms with Crippen molar-refractivity contribution in [1.82, 2.24) is 0 Å². The van der Waals surface area contributed by atoms with Gasteiger partial charge in [-0.25, -0.2) is 4.39 Å².